The number of halogens is 2. The van der Waals surface area contributed by atoms with Gasteiger partial charge in [0.1, 0.15) is 11.6 Å². The second kappa shape index (κ2) is 8.93. The molecule has 1 aromatic rings. The van der Waals surface area contributed by atoms with Crippen LogP contribution in [0.15, 0.2) is 18.2 Å². The molecule has 1 amide bonds. The van der Waals surface area contributed by atoms with Crippen molar-refractivity contribution in [1.29, 1.82) is 0 Å². The quantitative estimate of drug-likeness (QED) is 0.794. The molecule has 6 heteroatoms. The Morgan fingerprint density at radius 2 is 2.26 bits per heavy atom. The van der Waals surface area contributed by atoms with Crippen molar-refractivity contribution in [2.24, 2.45) is 5.92 Å². The normalized spacial score (nSPS) is 18.3. The van der Waals surface area contributed by atoms with Crippen molar-refractivity contribution < 1.29 is 18.3 Å². The second-order valence-corrected chi connectivity index (χ2v) is 5.99. The Kier molecular flexibility index (Phi) is 6.92. The van der Waals surface area contributed by atoms with Gasteiger partial charge < -0.3 is 15.0 Å². The number of aryl methyl sites for hydroxylation is 1. The SMILES string of the molecule is COCCN1CC[C@@H](CNC(=O)CCc2cc(F)ccc2F)C1. The van der Waals surface area contributed by atoms with Crippen molar-refractivity contribution in [2.45, 2.75) is 19.3 Å². The molecule has 0 saturated carbocycles. The fourth-order valence-electron chi connectivity index (χ4n) is 2.83. The van der Waals surface area contributed by atoms with Crippen LogP contribution in [0, 0.1) is 17.6 Å². The van der Waals surface area contributed by atoms with Crippen LogP contribution in [0.3, 0.4) is 0 Å². The molecule has 4 nitrogen and oxygen atoms in total. The van der Waals surface area contributed by atoms with Gasteiger partial charge in [-0.25, -0.2) is 8.78 Å². The van der Waals surface area contributed by atoms with E-state index in [4.69, 9.17) is 4.74 Å². The molecule has 0 spiro atoms. The number of methoxy groups -OCH3 is 1. The molecular formula is C17H24F2N2O2. The number of carbonyl (C=O) groups excluding carboxylic acids is 1. The molecule has 1 N–H and O–H groups in total. The first-order valence-corrected chi connectivity index (χ1v) is 8.00. The first-order chi connectivity index (χ1) is 11.1. The van der Waals surface area contributed by atoms with E-state index in [1.807, 2.05) is 0 Å². The highest BCUT2D eigenvalue weighted by molar-refractivity contribution is 5.76. The van der Waals surface area contributed by atoms with Crippen LogP contribution >= 0.6 is 0 Å². The predicted molar refractivity (Wildman–Crippen MR) is 84.1 cm³/mol. The Balaban J connectivity index is 1.67. The van der Waals surface area contributed by atoms with E-state index in [9.17, 15) is 13.6 Å². The highest BCUT2D eigenvalue weighted by Crippen LogP contribution is 2.15. The predicted octanol–water partition coefficient (Wildman–Crippen LogP) is 1.98. The van der Waals surface area contributed by atoms with Gasteiger partial charge in [-0.3, -0.25) is 4.79 Å². The summed E-state index contributed by atoms with van der Waals surface area (Å²) in [6, 6.07) is 3.32. The highest BCUT2D eigenvalue weighted by Gasteiger charge is 2.22. The fourth-order valence-corrected chi connectivity index (χ4v) is 2.83. The molecule has 0 radical (unpaired) electrons. The zero-order valence-corrected chi connectivity index (χ0v) is 13.5. The Labute approximate surface area is 135 Å². The van der Waals surface area contributed by atoms with E-state index < -0.39 is 11.6 Å². The van der Waals surface area contributed by atoms with Gasteiger partial charge in [0.2, 0.25) is 5.91 Å². The zero-order valence-electron chi connectivity index (χ0n) is 13.5. The highest BCUT2D eigenvalue weighted by atomic mass is 19.1. The fraction of sp³-hybridized carbons (Fsp3) is 0.588. The lowest BCUT2D eigenvalue weighted by Crippen LogP contribution is -2.31. The number of rotatable bonds is 8. The van der Waals surface area contributed by atoms with Crippen LogP contribution in [0.5, 0.6) is 0 Å². The molecule has 1 fully saturated rings. The Morgan fingerprint density at radius 3 is 3.04 bits per heavy atom. The number of hydrogen-bond acceptors (Lipinski definition) is 3. The number of benzene rings is 1. The second-order valence-electron chi connectivity index (χ2n) is 5.99. The maximum atomic E-state index is 13.5. The molecule has 2 rings (SSSR count). The molecule has 1 heterocycles. The maximum absolute atomic E-state index is 13.5. The number of nitrogens with zero attached hydrogens (tertiary/aromatic N) is 1. The maximum Gasteiger partial charge on any atom is 0.220 e. The Bertz CT molecular complexity index is 525. The molecule has 1 saturated heterocycles. The van der Waals surface area contributed by atoms with E-state index in [2.05, 4.69) is 10.2 Å². The summed E-state index contributed by atoms with van der Waals surface area (Å²) in [7, 11) is 1.69. The summed E-state index contributed by atoms with van der Waals surface area (Å²) in [5.74, 6) is -0.626. The van der Waals surface area contributed by atoms with Crippen LogP contribution in [0.25, 0.3) is 0 Å². The average molecular weight is 326 g/mol. The van der Waals surface area contributed by atoms with Gasteiger partial charge in [-0.05, 0) is 49.1 Å². The van der Waals surface area contributed by atoms with Gasteiger partial charge in [-0.1, -0.05) is 0 Å². The minimum atomic E-state index is -0.482. The summed E-state index contributed by atoms with van der Waals surface area (Å²) < 4.78 is 31.6. The minimum Gasteiger partial charge on any atom is -0.383 e. The minimum absolute atomic E-state index is 0.121. The Hall–Kier alpha value is -1.53. The van der Waals surface area contributed by atoms with E-state index in [1.54, 1.807) is 7.11 Å². The summed E-state index contributed by atoms with van der Waals surface area (Å²) in [6.07, 6.45) is 1.43. The van der Waals surface area contributed by atoms with Crippen LogP contribution in [-0.2, 0) is 16.0 Å². The van der Waals surface area contributed by atoms with E-state index >= 15 is 0 Å². The largest absolute Gasteiger partial charge is 0.383 e. The third-order valence-electron chi connectivity index (χ3n) is 4.20. The van der Waals surface area contributed by atoms with Gasteiger partial charge in [0.25, 0.3) is 0 Å². The van der Waals surface area contributed by atoms with Crippen molar-refractivity contribution in [2.75, 3.05) is 39.9 Å². The van der Waals surface area contributed by atoms with Gasteiger partial charge in [-0.15, -0.1) is 0 Å². The van der Waals surface area contributed by atoms with Crippen molar-refractivity contribution in [3.8, 4) is 0 Å². The molecule has 0 aliphatic carbocycles. The molecule has 128 valence electrons. The molecule has 0 bridgehead atoms. The first-order valence-electron chi connectivity index (χ1n) is 8.00. The summed E-state index contributed by atoms with van der Waals surface area (Å²) in [5, 5.41) is 2.89. The number of amides is 1. The summed E-state index contributed by atoms with van der Waals surface area (Å²) in [4.78, 5) is 14.2. The van der Waals surface area contributed by atoms with Gasteiger partial charge in [0, 0.05) is 33.2 Å². The number of carbonyl (C=O) groups is 1. The summed E-state index contributed by atoms with van der Waals surface area (Å²) in [6.45, 7) is 4.26. The van der Waals surface area contributed by atoms with Crippen molar-refractivity contribution in [3.63, 3.8) is 0 Å². The zero-order chi connectivity index (χ0) is 16.7. The van der Waals surface area contributed by atoms with E-state index in [0.29, 0.717) is 12.5 Å². The number of ether oxygens (including phenoxy) is 1. The smallest absolute Gasteiger partial charge is 0.220 e. The van der Waals surface area contributed by atoms with Crippen LogP contribution in [0.1, 0.15) is 18.4 Å². The molecule has 0 aromatic heterocycles. The topological polar surface area (TPSA) is 41.6 Å². The van der Waals surface area contributed by atoms with E-state index in [-0.39, 0.29) is 24.3 Å². The van der Waals surface area contributed by atoms with E-state index in [0.717, 1.165) is 50.9 Å². The van der Waals surface area contributed by atoms with Gasteiger partial charge >= 0.3 is 0 Å². The summed E-state index contributed by atoms with van der Waals surface area (Å²) >= 11 is 0. The lowest BCUT2D eigenvalue weighted by molar-refractivity contribution is -0.121. The molecule has 1 aliphatic heterocycles. The molecule has 1 aliphatic rings. The average Bonchev–Trinajstić information content (AvgIpc) is 2.99. The van der Waals surface area contributed by atoms with E-state index in [1.165, 1.54) is 0 Å². The molecule has 1 atom stereocenters. The lowest BCUT2D eigenvalue weighted by atomic mass is 10.1. The van der Waals surface area contributed by atoms with Gasteiger partial charge in [-0.2, -0.15) is 0 Å². The number of likely N-dealkylation sites (tertiary alicyclic amines) is 1. The van der Waals surface area contributed by atoms with Crippen molar-refractivity contribution in [3.05, 3.63) is 35.4 Å². The lowest BCUT2D eigenvalue weighted by Gasteiger charge is -2.15. The number of hydrogen-bond donors (Lipinski definition) is 1. The van der Waals surface area contributed by atoms with Gasteiger partial charge in [0.15, 0.2) is 0 Å². The first kappa shape index (κ1) is 17.8. The standard InChI is InChI=1S/C17H24F2N2O2/c1-23-9-8-21-7-6-13(12-21)11-20-17(22)5-2-14-10-15(18)3-4-16(14)19/h3-4,10,13H,2,5-9,11-12H2,1H3,(H,20,22)/t13-/m0/s1. The van der Waals surface area contributed by atoms with Crippen LogP contribution in [-0.4, -0.2) is 50.7 Å². The number of nitrogens with one attached hydrogen (secondary N) is 1. The van der Waals surface area contributed by atoms with Crippen molar-refractivity contribution in [1.82, 2.24) is 10.2 Å². The molecule has 0 unspecified atom stereocenters. The molecule has 23 heavy (non-hydrogen) atoms. The van der Waals surface area contributed by atoms with Crippen LogP contribution in [0.4, 0.5) is 8.78 Å². The van der Waals surface area contributed by atoms with Crippen molar-refractivity contribution >= 4 is 5.91 Å². The molecule has 1 aromatic carbocycles. The monoisotopic (exact) mass is 326 g/mol. The molecular weight excluding hydrogens is 302 g/mol. The van der Waals surface area contributed by atoms with Gasteiger partial charge in [0.05, 0.1) is 6.61 Å². The third kappa shape index (κ3) is 5.88. The Morgan fingerprint density at radius 1 is 1.43 bits per heavy atom. The third-order valence-corrected chi connectivity index (χ3v) is 4.20. The summed E-state index contributed by atoms with van der Waals surface area (Å²) in [5.41, 5.74) is 0.242. The van der Waals surface area contributed by atoms with Crippen LogP contribution < -0.4 is 5.32 Å². The van der Waals surface area contributed by atoms with Crippen LogP contribution in [0.2, 0.25) is 0 Å².